The Morgan fingerprint density at radius 1 is 1.27 bits per heavy atom. The lowest BCUT2D eigenvalue weighted by Gasteiger charge is -2.12. The predicted molar refractivity (Wildman–Crippen MR) is 81.9 cm³/mol. The maximum atomic E-state index is 12.3. The van der Waals surface area contributed by atoms with Crippen LogP contribution in [0.15, 0.2) is 51.9 Å². The van der Waals surface area contributed by atoms with E-state index in [0.717, 1.165) is 0 Å². The van der Waals surface area contributed by atoms with Crippen LogP contribution in [0.3, 0.4) is 0 Å². The molecule has 7 nitrogen and oxygen atoms in total. The monoisotopic (exact) mass is 299 g/mol. The van der Waals surface area contributed by atoms with Crippen molar-refractivity contribution in [1.82, 2.24) is 4.57 Å². The molecule has 0 radical (unpaired) electrons. The molecule has 0 atom stereocenters. The van der Waals surface area contributed by atoms with Crippen molar-refractivity contribution in [3.63, 3.8) is 0 Å². The summed E-state index contributed by atoms with van der Waals surface area (Å²) >= 11 is 0. The van der Waals surface area contributed by atoms with Crippen molar-refractivity contribution in [2.24, 2.45) is 7.05 Å². The first kappa shape index (κ1) is 13.9. The second kappa shape index (κ2) is 5.36. The number of nitro groups is 1. The number of anilines is 1. The van der Waals surface area contributed by atoms with E-state index in [1.165, 1.54) is 17.9 Å². The van der Waals surface area contributed by atoms with Crippen LogP contribution in [0.1, 0.15) is 5.76 Å². The number of nitrogens with one attached hydrogen (secondary N) is 1. The van der Waals surface area contributed by atoms with Gasteiger partial charge in [0.2, 0.25) is 0 Å². The van der Waals surface area contributed by atoms with Crippen LogP contribution >= 0.6 is 0 Å². The molecule has 22 heavy (non-hydrogen) atoms. The Morgan fingerprint density at radius 2 is 2.05 bits per heavy atom. The van der Waals surface area contributed by atoms with Crippen molar-refractivity contribution in [1.29, 1.82) is 0 Å². The Kier molecular flexibility index (Phi) is 3.38. The normalized spacial score (nSPS) is 10.8. The maximum absolute atomic E-state index is 12.3. The fraction of sp³-hybridized carbons (Fsp3) is 0.133. The molecule has 2 heterocycles. The van der Waals surface area contributed by atoms with Crippen molar-refractivity contribution in [3.8, 4) is 0 Å². The maximum Gasteiger partial charge on any atom is 0.357 e. The Hall–Kier alpha value is -3.09. The van der Waals surface area contributed by atoms with Gasteiger partial charge in [0.05, 0.1) is 23.2 Å². The number of benzene rings is 1. The third-order valence-electron chi connectivity index (χ3n) is 3.48. The van der Waals surface area contributed by atoms with Gasteiger partial charge in [-0.25, -0.2) is 0 Å². The zero-order valence-electron chi connectivity index (χ0n) is 11.8. The fourth-order valence-corrected chi connectivity index (χ4v) is 2.42. The van der Waals surface area contributed by atoms with Gasteiger partial charge in [-0.3, -0.25) is 14.9 Å². The van der Waals surface area contributed by atoms with E-state index in [0.29, 0.717) is 16.7 Å². The molecule has 3 aromatic rings. The molecule has 112 valence electrons. The van der Waals surface area contributed by atoms with Gasteiger partial charge in [-0.05, 0) is 18.2 Å². The molecule has 0 spiro atoms. The number of aromatic nitrogens is 1. The lowest BCUT2D eigenvalue weighted by molar-refractivity contribution is -0.385. The first-order valence-corrected chi connectivity index (χ1v) is 6.62. The number of para-hydroxylation sites is 1. The summed E-state index contributed by atoms with van der Waals surface area (Å²) in [5.41, 5.74) is -0.279. The molecule has 2 aromatic heterocycles. The van der Waals surface area contributed by atoms with Gasteiger partial charge >= 0.3 is 11.2 Å². The predicted octanol–water partition coefficient (Wildman–Crippen LogP) is 2.65. The molecule has 0 fully saturated rings. The van der Waals surface area contributed by atoms with Gasteiger partial charge in [0.15, 0.2) is 0 Å². The van der Waals surface area contributed by atoms with E-state index < -0.39 is 16.2 Å². The van der Waals surface area contributed by atoms with Gasteiger partial charge < -0.3 is 14.3 Å². The SMILES string of the molecule is Cn1c(=O)c([N+](=O)[O-])c(NCc2ccco2)c2ccccc21. The molecular formula is C15H13N3O4. The number of nitrogens with zero attached hydrogens (tertiary/aromatic N) is 2. The number of pyridine rings is 1. The highest BCUT2D eigenvalue weighted by Crippen LogP contribution is 2.30. The van der Waals surface area contributed by atoms with Crippen LogP contribution < -0.4 is 10.9 Å². The zero-order chi connectivity index (χ0) is 15.7. The van der Waals surface area contributed by atoms with Gasteiger partial charge in [0, 0.05) is 12.4 Å². The second-order valence-corrected chi connectivity index (χ2v) is 4.79. The van der Waals surface area contributed by atoms with E-state index in [1.54, 1.807) is 36.4 Å². The smallest absolute Gasteiger partial charge is 0.357 e. The fourth-order valence-electron chi connectivity index (χ4n) is 2.42. The minimum Gasteiger partial charge on any atom is -0.467 e. The van der Waals surface area contributed by atoms with E-state index in [4.69, 9.17) is 4.42 Å². The number of hydrogen-bond donors (Lipinski definition) is 1. The molecule has 0 saturated carbocycles. The molecular weight excluding hydrogens is 286 g/mol. The van der Waals surface area contributed by atoms with Gasteiger partial charge in [0.25, 0.3) is 0 Å². The first-order chi connectivity index (χ1) is 10.6. The molecule has 0 amide bonds. The van der Waals surface area contributed by atoms with E-state index >= 15 is 0 Å². The van der Waals surface area contributed by atoms with E-state index in [-0.39, 0.29) is 12.2 Å². The third-order valence-corrected chi connectivity index (χ3v) is 3.48. The lowest BCUT2D eigenvalue weighted by Crippen LogP contribution is -2.22. The Morgan fingerprint density at radius 3 is 2.73 bits per heavy atom. The average molecular weight is 299 g/mol. The van der Waals surface area contributed by atoms with Crippen LogP contribution in [0, 0.1) is 10.1 Å². The lowest BCUT2D eigenvalue weighted by atomic mass is 10.1. The molecule has 0 saturated heterocycles. The minimum atomic E-state index is -0.654. The summed E-state index contributed by atoms with van der Waals surface area (Å²) in [4.78, 5) is 22.9. The molecule has 0 aliphatic carbocycles. The van der Waals surface area contributed by atoms with Gasteiger partial charge in [-0.1, -0.05) is 18.2 Å². The quantitative estimate of drug-likeness (QED) is 0.591. The topological polar surface area (TPSA) is 90.3 Å². The number of rotatable bonds is 4. The molecule has 3 rings (SSSR count). The number of furan rings is 1. The second-order valence-electron chi connectivity index (χ2n) is 4.79. The van der Waals surface area contributed by atoms with Crippen molar-refractivity contribution >= 4 is 22.3 Å². The van der Waals surface area contributed by atoms with Crippen molar-refractivity contribution < 1.29 is 9.34 Å². The highest BCUT2D eigenvalue weighted by Gasteiger charge is 2.24. The van der Waals surface area contributed by atoms with E-state index in [1.807, 2.05) is 0 Å². The molecule has 7 heteroatoms. The van der Waals surface area contributed by atoms with Crippen LogP contribution in [0.2, 0.25) is 0 Å². The zero-order valence-corrected chi connectivity index (χ0v) is 11.8. The molecule has 0 unspecified atom stereocenters. The molecule has 1 aromatic carbocycles. The van der Waals surface area contributed by atoms with Crippen LogP contribution in [0.5, 0.6) is 0 Å². The van der Waals surface area contributed by atoms with E-state index in [2.05, 4.69) is 5.32 Å². The number of hydrogen-bond acceptors (Lipinski definition) is 5. The van der Waals surface area contributed by atoms with E-state index in [9.17, 15) is 14.9 Å². The molecule has 0 aliphatic heterocycles. The largest absolute Gasteiger partial charge is 0.467 e. The Labute approximate surface area is 124 Å². The summed E-state index contributed by atoms with van der Waals surface area (Å²) in [6, 6.07) is 10.5. The summed E-state index contributed by atoms with van der Waals surface area (Å²) in [5, 5.41) is 14.9. The Balaban J connectivity index is 2.21. The van der Waals surface area contributed by atoms with Gasteiger partial charge in [0.1, 0.15) is 11.4 Å². The van der Waals surface area contributed by atoms with Crippen LogP contribution in [0.4, 0.5) is 11.4 Å². The highest BCUT2D eigenvalue weighted by atomic mass is 16.6. The third kappa shape index (κ3) is 2.22. The van der Waals surface area contributed by atoms with Gasteiger partial charge in [-0.2, -0.15) is 0 Å². The molecule has 0 bridgehead atoms. The standard InChI is InChI=1S/C15H13N3O4/c1-17-12-7-3-2-6-11(12)13(14(15(17)19)18(20)21)16-9-10-5-4-8-22-10/h2-8,16H,9H2,1H3. The highest BCUT2D eigenvalue weighted by molar-refractivity contribution is 5.96. The van der Waals surface area contributed by atoms with Crippen molar-refractivity contribution in [2.75, 3.05) is 5.32 Å². The first-order valence-electron chi connectivity index (χ1n) is 6.62. The molecule has 1 N–H and O–H groups in total. The van der Waals surface area contributed by atoms with Crippen LogP contribution in [-0.2, 0) is 13.6 Å². The summed E-state index contributed by atoms with van der Waals surface area (Å²) in [6.45, 7) is 0.255. The summed E-state index contributed by atoms with van der Waals surface area (Å²) < 4.78 is 6.49. The van der Waals surface area contributed by atoms with Crippen LogP contribution in [0.25, 0.3) is 10.9 Å². The van der Waals surface area contributed by atoms with Crippen LogP contribution in [-0.4, -0.2) is 9.49 Å². The average Bonchev–Trinajstić information content (AvgIpc) is 3.02. The number of aryl methyl sites for hydroxylation is 1. The number of fused-ring (bicyclic) bond motifs is 1. The minimum absolute atomic E-state index is 0.208. The Bertz CT molecular complexity index is 897. The molecule has 0 aliphatic rings. The summed E-state index contributed by atoms with van der Waals surface area (Å²) in [5.74, 6) is 0.624. The van der Waals surface area contributed by atoms with Gasteiger partial charge in [-0.15, -0.1) is 0 Å². The van der Waals surface area contributed by atoms with Crippen molar-refractivity contribution in [3.05, 3.63) is 68.9 Å². The summed E-state index contributed by atoms with van der Waals surface area (Å²) in [7, 11) is 1.52. The summed E-state index contributed by atoms with van der Waals surface area (Å²) in [6.07, 6.45) is 1.52. The van der Waals surface area contributed by atoms with Crippen molar-refractivity contribution in [2.45, 2.75) is 6.54 Å².